The van der Waals surface area contributed by atoms with Gasteiger partial charge in [0.05, 0.1) is 17.9 Å². The molecule has 1 aliphatic carbocycles. The molecule has 2 atom stereocenters. The van der Waals surface area contributed by atoms with E-state index in [1.54, 1.807) is 6.92 Å². The molecule has 5 nitrogen and oxygen atoms in total. The van der Waals surface area contributed by atoms with Crippen molar-refractivity contribution >= 4 is 11.9 Å². The van der Waals surface area contributed by atoms with E-state index in [2.05, 4.69) is 16.1 Å². The lowest BCUT2D eigenvalue weighted by Gasteiger charge is -2.08. The first-order valence-corrected chi connectivity index (χ1v) is 7.59. The summed E-state index contributed by atoms with van der Waals surface area (Å²) in [5, 5.41) is 11.9. The number of aliphatic hydroxyl groups excluding tert-OH is 1. The van der Waals surface area contributed by atoms with Crippen LogP contribution in [0, 0.1) is 5.92 Å². The Balaban J connectivity index is 0.000000166. The van der Waals surface area contributed by atoms with Crippen molar-refractivity contribution in [1.82, 2.24) is 5.32 Å². The van der Waals surface area contributed by atoms with E-state index in [1.165, 1.54) is 11.1 Å². The van der Waals surface area contributed by atoms with Crippen molar-refractivity contribution in [2.75, 3.05) is 6.61 Å². The Bertz CT molecular complexity index is 732. The Kier molecular flexibility index (Phi) is 3.94. The Morgan fingerprint density at radius 1 is 1.26 bits per heavy atom. The average molecular weight is 313 g/mol. The maximum atomic E-state index is 11.5. The quantitative estimate of drug-likeness (QED) is 0.438. The number of rotatable bonds is 0. The van der Waals surface area contributed by atoms with Crippen molar-refractivity contribution in [2.24, 2.45) is 5.92 Å². The number of fused-ring (bicyclic) bond motifs is 3. The molecule has 0 saturated carbocycles. The Morgan fingerprint density at radius 3 is 2.57 bits per heavy atom. The number of carbonyl (C=O) groups is 2. The number of ether oxygens (including phenoxy) is 1. The number of aliphatic hydroxyl groups is 1. The Hall–Kier alpha value is -2.56. The SMILES string of the molecule is CC1=C(C)C(=O)OC1.O=C1NC2c3ccccc3CC2/C1=C\O. The summed E-state index contributed by atoms with van der Waals surface area (Å²) in [5.41, 5.74) is 4.79. The highest BCUT2D eigenvalue weighted by atomic mass is 16.5. The normalized spacial score (nSPS) is 26.4. The molecule has 1 aromatic rings. The van der Waals surface area contributed by atoms with Gasteiger partial charge in [-0.25, -0.2) is 4.79 Å². The fourth-order valence-electron chi connectivity index (χ4n) is 3.17. The molecule has 5 heteroatoms. The molecular weight excluding hydrogens is 294 g/mol. The van der Waals surface area contributed by atoms with Gasteiger partial charge in [0.15, 0.2) is 0 Å². The molecule has 0 bridgehead atoms. The first-order valence-electron chi connectivity index (χ1n) is 7.59. The predicted octanol–water partition coefficient (Wildman–Crippen LogP) is 2.35. The van der Waals surface area contributed by atoms with Gasteiger partial charge in [-0.15, -0.1) is 0 Å². The summed E-state index contributed by atoms with van der Waals surface area (Å²) < 4.78 is 4.66. The molecule has 1 amide bonds. The van der Waals surface area contributed by atoms with Crippen LogP contribution in [0.3, 0.4) is 0 Å². The van der Waals surface area contributed by atoms with Crippen LogP contribution in [-0.2, 0) is 20.7 Å². The first-order chi connectivity index (χ1) is 11.0. The fourth-order valence-corrected chi connectivity index (χ4v) is 3.17. The molecule has 3 aliphatic rings. The standard InChI is InChI=1S/C12H11NO2.C6H8O2/c14-6-10-9-5-7-3-1-2-4-8(7)11(9)13-12(10)15;1-4-3-8-6(7)5(4)2/h1-4,6,9,11,14H,5H2,(H,13,15);3H2,1-2H3/b10-6+;. The summed E-state index contributed by atoms with van der Waals surface area (Å²) >= 11 is 0. The fraction of sp³-hybridized carbons (Fsp3) is 0.333. The van der Waals surface area contributed by atoms with Crippen molar-refractivity contribution < 1.29 is 19.4 Å². The van der Waals surface area contributed by atoms with Gasteiger partial charge >= 0.3 is 5.97 Å². The number of cyclic esters (lactones) is 1. The van der Waals surface area contributed by atoms with Crippen LogP contribution < -0.4 is 5.32 Å². The number of hydrogen-bond acceptors (Lipinski definition) is 4. The Labute approximate surface area is 134 Å². The van der Waals surface area contributed by atoms with Crippen LogP contribution in [0.4, 0.5) is 0 Å². The Morgan fingerprint density at radius 2 is 2.00 bits per heavy atom. The predicted molar refractivity (Wildman–Crippen MR) is 84.6 cm³/mol. The molecule has 4 rings (SSSR count). The molecule has 0 spiro atoms. The molecule has 0 radical (unpaired) electrons. The van der Waals surface area contributed by atoms with E-state index in [-0.39, 0.29) is 23.8 Å². The molecule has 2 N–H and O–H groups in total. The number of amides is 1. The molecule has 1 saturated heterocycles. The zero-order valence-corrected chi connectivity index (χ0v) is 13.1. The van der Waals surface area contributed by atoms with Crippen molar-refractivity contribution in [3.63, 3.8) is 0 Å². The molecule has 120 valence electrons. The maximum Gasteiger partial charge on any atom is 0.334 e. The summed E-state index contributed by atoms with van der Waals surface area (Å²) in [6.45, 7) is 4.18. The van der Waals surface area contributed by atoms with Crippen LogP contribution in [0.5, 0.6) is 0 Å². The van der Waals surface area contributed by atoms with Crippen molar-refractivity contribution in [3.8, 4) is 0 Å². The lowest BCUT2D eigenvalue weighted by Crippen LogP contribution is -2.18. The number of nitrogens with one attached hydrogen (secondary N) is 1. The minimum atomic E-state index is -0.164. The van der Waals surface area contributed by atoms with E-state index < -0.39 is 0 Å². The lowest BCUT2D eigenvalue weighted by molar-refractivity contribution is -0.135. The maximum absolute atomic E-state index is 11.5. The number of carbonyl (C=O) groups excluding carboxylic acids is 2. The smallest absolute Gasteiger partial charge is 0.334 e. The third-order valence-electron chi connectivity index (χ3n) is 4.69. The first kappa shape index (κ1) is 15.3. The molecule has 23 heavy (non-hydrogen) atoms. The van der Waals surface area contributed by atoms with Crippen molar-refractivity contribution in [2.45, 2.75) is 26.3 Å². The van der Waals surface area contributed by atoms with E-state index in [1.807, 2.05) is 25.1 Å². The van der Waals surface area contributed by atoms with Gasteiger partial charge in [0.1, 0.15) is 6.61 Å². The topological polar surface area (TPSA) is 75.6 Å². The highest BCUT2D eigenvalue weighted by molar-refractivity contribution is 5.97. The van der Waals surface area contributed by atoms with Crippen LogP contribution in [0.25, 0.3) is 0 Å². The summed E-state index contributed by atoms with van der Waals surface area (Å²) in [5.74, 6) is -0.190. The van der Waals surface area contributed by atoms with Gasteiger partial charge in [0.25, 0.3) is 5.91 Å². The third kappa shape index (κ3) is 2.63. The summed E-state index contributed by atoms with van der Waals surface area (Å²) in [7, 11) is 0. The van der Waals surface area contributed by atoms with Crippen LogP contribution in [-0.4, -0.2) is 23.6 Å². The van der Waals surface area contributed by atoms with Gasteiger partial charge in [0, 0.05) is 11.5 Å². The molecule has 1 fully saturated rings. The molecule has 1 aromatic carbocycles. The lowest BCUT2D eigenvalue weighted by atomic mass is 9.98. The second kappa shape index (κ2) is 5.91. The average Bonchev–Trinajstić information content (AvgIpc) is 3.15. The van der Waals surface area contributed by atoms with Crippen molar-refractivity contribution in [3.05, 3.63) is 58.4 Å². The summed E-state index contributed by atoms with van der Waals surface area (Å²) in [6, 6.07) is 8.17. The van der Waals surface area contributed by atoms with E-state index in [0.29, 0.717) is 12.2 Å². The van der Waals surface area contributed by atoms with Crippen LogP contribution in [0.15, 0.2) is 47.2 Å². The number of benzene rings is 1. The largest absolute Gasteiger partial charge is 0.515 e. The number of esters is 1. The molecule has 0 aromatic heterocycles. The van der Waals surface area contributed by atoms with E-state index in [4.69, 9.17) is 5.11 Å². The number of hydrogen-bond donors (Lipinski definition) is 2. The van der Waals surface area contributed by atoms with Gasteiger partial charge in [-0.2, -0.15) is 0 Å². The highest BCUT2D eigenvalue weighted by Crippen LogP contribution is 2.43. The minimum absolute atomic E-state index is 0.0621. The van der Waals surface area contributed by atoms with E-state index in [0.717, 1.165) is 23.8 Å². The van der Waals surface area contributed by atoms with Gasteiger partial charge in [0.2, 0.25) is 0 Å². The van der Waals surface area contributed by atoms with Crippen LogP contribution in [0.1, 0.15) is 31.0 Å². The minimum Gasteiger partial charge on any atom is -0.515 e. The zero-order valence-electron chi connectivity index (χ0n) is 13.1. The molecule has 2 heterocycles. The highest BCUT2D eigenvalue weighted by Gasteiger charge is 2.43. The van der Waals surface area contributed by atoms with E-state index >= 15 is 0 Å². The third-order valence-corrected chi connectivity index (χ3v) is 4.69. The molecular formula is C18H19NO4. The second-order valence-corrected chi connectivity index (χ2v) is 6.03. The van der Waals surface area contributed by atoms with Gasteiger partial charge in [-0.3, -0.25) is 4.79 Å². The van der Waals surface area contributed by atoms with Gasteiger partial charge in [-0.05, 0) is 37.0 Å². The summed E-state index contributed by atoms with van der Waals surface area (Å²) in [4.78, 5) is 22.0. The van der Waals surface area contributed by atoms with Crippen molar-refractivity contribution in [1.29, 1.82) is 0 Å². The van der Waals surface area contributed by atoms with Crippen LogP contribution in [0.2, 0.25) is 0 Å². The molecule has 2 aliphatic heterocycles. The van der Waals surface area contributed by atoms with Crippen LogP contribution >= 0.6 is 0 Å². The molecule has 2 unspecified atom stereocenters. The van der Waals surface area contributed by atoms with Gasteiger partial charge < -0.3 is 15.2 Å². The summed E-state index contributed by atoms with van der Waals surface area (Å²) in [6.07, 6.45) is 1.79. The van der Waals surface area contributed by atoms with Gasteiger partial charge in [-0.1, -0.05) is 24.3 Å². The van der Waals surface area contributed by atoms with E-state index in [9.17, 15) is 9.59 Å². The zero-order chi connectivity index (χ0) is 16.6. The monoisotopic (exact) mass is 313 g/mol. The second-order valence-electron chi connectivity index (χ2n) is 6.03.